The summed E-state index contributed by atoms with van der Waals surface area (Å²) in [5, 5.41) is 6.83. The van der Waals surface area contributed by atoms with Gasteiger partial charge in [0.05, 0.1) is 30.2 Å². The van der Waals surface area contributed by atoms with E-state index in [2.05, 4.69) is 10.4 Å². The third kappa shape index (κ3) is 2.67. The molecule has 2 rings (SSSR count). The number of nitrogens with two attached hydrogens (primary N) is 1. The third-order valence-electron chi connectivity index (χ3n) is 2.75. The Labute approximate surface area is 111 Å². The Kier molecular flexibility index (Phi) is 3.70. The van der Waals surface area contributed by atoms with E-state index in [1.165, 1.54) is 7.11 Å². The number of carbonyl (C=O) groups excluding carboxylic acids is 1. The Morgan fingerprint density at radius 1 is 1.53 bits per heavy atom. The van der Waals surface area contributed by atoms with Crippen molar-refractivity contribution >= 4 is 17.3 Å². The quantitative estimate of drug-likeness (QED) is 0.820. The van der Waals surface area contributed by atoms with Crippen molar-refractivity contribution in [3.63, 3.8) is 0 Å². The molecule has 0 aliphatic heterocycles. The van der Waals surface area contributed by atoms with Crippen molar-refractivity contribution in [1.82, 2.24) is 9.78 Å². The maximum absolute atomic E-state index is 12.1. The Bertz CT molecular complexity index is 592. The maximum Gasteiger partial charge on any atom is 0.257 e. The van der Waals surface area contributed by atoms with Gasteiger partial charge >= 0.3 is 0 Å². The van der Waals surface area contributed by atoms with Crippen LogP contribution in [0.25, 0.3) is 0 Å². The largest absolute Gasteiger partial charge is 0.495 e. The van der Waals surface area contributed by atoms with Crippen LogP contribution in [0.5, 0.6) is 5.75 Å². The lowest BCUT2D eigenvalue weighted by Crippen LogP contribution is -2.14. The van der Waals surface area contributed by atoms with Crippen LogP contribution in [0, 0.1) is 0 Å². The fourth-order valence-electron chi connectivity index (χ4n) is 1.72. The van der Waals surface area contributed by atoms with Gasteiger partial charge in [-0.1, -0.05) is 6.07 Å². The second-order valence-electron chi connectivity index (χ2n) is 3.96. The maximum atomic E-state index is 12.1. The van der Waals surface area contributed by atoms with Gasteiger partial charge in [-0.25, -0.2) is 0 Å². The molecule has 19 heavy (non-hydrogen) atoms. The molecule has 0 aliphatic rings. The summed E-state index contributed by atoms with van der Waals surface area (Å²) in [6.07, 6.45) is 3.35. The molecular formula is C13H16N4O2. The Morgan fingerprint density at radius 2 is 2.32 bits per heavy atom. The Morgan fingerprint density at radius 3 is 2.95 bits per heavy atom. The predicted octanol–water partition coefficient (Wildman–Crippen LogP) is 1.75. The van der Waals surface area contributed by atoms with Crippen LogP contribution in [0.15, 0.2) is 30.6 Å². The van der Waals surface area contributed by atoms with Crippen LogP contribution >= 0.6 is 0 Å². The van der Waals surface area contributed by atoms with Gasteiger partial charge in [0.2, 0.25) is 0 Å². The number of nitrogen functional groups attached to an aromatic ring is 1. The van der Waals surface area contributed by atoms with Gasteiger partial charge in [-0.15, -0.1) is 0 Å². The lowest BCUT2D eigenvalue weighted by atomic mass is 10.1. The predicted molar refractivity (Wildman–Crippen MR) is 73.3 cm³/mol. The first-order valence-corrected chi connectivity index (χ1v) is 5.92. The molecule has 0 spiro atoms. The van der Waals surface area contributed by atoms with Gasteiger partial charge in [0, 0.05) is 12.7 Å². The molecular weight excluding hydrogens is 244 g/mol. The number of ether oxygens (including phenoxy) is 1. The average molecular weight is 260 g/mol. The molecule has 0 unspecified atom stereocenters. The zero-order valence-corrected chi connectivity index (χ0v) is 10.9. The number of hydrogen-bond donors (Lipinski definition) is 2. The van der Waals surface area contributed by atoms with Crippen LogP contribution in [0.3, 0.4) is 0 Å². The molecule has 3 N–H and O–H groups in total. The Balaban J connectivity index is 2.20. The molecule has 1 aromatic carbocycles. The summed E-state index contributed by atoms with van der Waals surface area (Å²) in [6, 6.07) is 5.08. The highest BCUT2D eigenvalue weighted by Crippen LogP contribution is 2.25. The molecule has 0 saturated heterocycles. The molecule has 1 heterocycles. The molecule has 0 saturated carbocycles. The normalized spacial score (nSPS) is 10.2. The number of benzene rings is 1. The first kappa shape index (κ1) is 12.9. The van der Waals surface area contributed by atoms with Crippen LogP contribution in [-0.4, -0.2) is 22.8 Å². The molecule has 0 bridgehead atoms. The number of nitrogens with one attached hydrogen (secondary N) is 1. The number of carbonyl (C=O) groups is 1. The summed E-state index contributed by atoms with van der Waals surface area (Å²) >= 11 is 0. The fraction of sp³-hybridized carbons (Fsp3) is 0.231. The monoisotopic (exact) mass is 260 g/mol. The number of para-hydroxylation sites is 1. The molecule has 1 amide bonds. The summed E-state index contributed by atoms with van der Waals surface area (Å²) in [6.45, 7) is 2.72. The van der Waals surface area contributed by atoms with Crippen LogP contribution in [0.4, 0.5) is 11.4 Å². The zero-order valence-electron chi connectivity index (χ0n) is 10.9. The van der Waals surface area contributed by atoms with Gasteiger partial charge in [-0.3, -0.25) is 9.48 Å². The van der Waals surface area contributed by atoms with E-state index in [1.54, 1.807) is 35.3 Å². The van der Waals surface area contributed by atoms with Crippen molar-refractivity contribution in [3.8, 4) is 5.75 Å². The number of aryl methyl sites for hydroxylation is 1. The number of rotatable bonds is 4. The van der Waals surface area contributed by atoms with E-state index in [0.29, 0.717) is 22.7 Å². The smallest absolute Gasteiger partial charge is 0.257 e. The SMILES string of the molecule is CCn1cc(NC(=O)c2cccc(OC)c2N)cn1. The van der Waals surface area contributed by atoms with Crippen molar-refractivity contribution in [3.05, 3.63) is 36.2 Å². The minimum atomic E-state index is -0.285. The number of amides is 1. The van der Waals surface area contributed by atoms with E-state index in [9.17, 15) is 4.79 Å². The van der Waals surface area contributed by atoms with Crippen LogP contribution in [0.2, 0.25) is 0 Å². The van der Waals surface area contributed by atoms with Gasteiger partial charge < -0.3 is 15.8 Å². The van der Waals surface area contributed by atoms with Crippen molar-refractivity contribution in [2.24, 2.45) is 0 Å². The van der Waals surface area contributed by atoms with E-state index >= 15 is 0 Å². The molecule has 0 radical (unpaired) electrons. The summed E-state index contributed by atoms with van der Waals surface area (Å²) in [4.78, 5) is 12.1. The molecule has 2 aromatic rings. The lowest BCUT2D eigenvalue weighted by Gasteiger charge is -2.09. The Hall–Kier alpha value is -2.50. The lowest BCUT2D eigenvalue weighted by molar-refractivity contribution is 0.102. The minimum Gasteiger partial charge on any atom is -0.495 e. The first-order chi connectivity index (χ1) is 9.15. The van der Waals surface area contributed by atoms with E-state index < -0.39 is 0 Å². The van der Waals surface area contributed by atoms with Crippen LogP contribution in [-0.2, 0) is 6.54 Å². The van der Waals surface area contributed by atoms with E-state index in [0.717, 1.165) is 6.54 Å². The topological polar surface area (TPSA) is 82.2 Å². The highest BCUT2D eigenvalue weighted by atomic mass is 16.5. The van der Waals surface area contributed by atoms with E-state index in [-0.39, 0.29) is 5.91 Å². The summed E-state index contributed by atoms with van der Waals surface area (Å²) in [7, 11) is 1.51. The number of methoxy groups -OCH3 is 1. The molecule has 100 valence electrons. The van der Waals surface area contributed by atoms with Gasteiger partial charge in [-0.05, 0) is 19.1 Å². The van der Waals surface area contributed by atoms with E-state index in [1.807, 2.05) is 6.92 Å². The van der Waals surface area contributed by atoms with E-state index in [4.69, 9.17) is 10.5 Å². The first-order valence-electron chi connectivity index (χ1n) is 5.92. The number of nitrogens with zero attached hydrogens (tertiary/aromatic N) is 2. The molecule has 0 fully saturated rings. The minimum absolute atomic E-state index is 0.285. The molecule has 6 heteroatoms. The standard InChI is InChI=1S/C13H16N4O2/c1-3-17-8-9(7-15-17)16-13(18)10-5-4-6-11(19-2)12(10)14/h4-8H,3,14H2,1-2H3,(H,16,18). The van der Waals surface area contributed by atoms with Crippen molar-refractivity contribution in [2.45, 2.75) is 13.5 Å². The number of anilines is 2. The highest BCUT2D eigenvalue weighted by molar-refractivity contribution is 6.08. The highest BCUT2D eigenvalue weighted by Gasteiger charge is 2.13. The average Bonchev–Trinajstić information content (AvgIpc) is 2.86. The number of aromatic nitrogens is 2. The van der Waals surface area contributed by atoms with Gasteiger partial charge in [0.25, 0.3) is 5.91 Å². The summed E-state index contributed by atoms with van der Waals surface area (Å²) in [5.74, 6) is 0.198. The molecule has 6 nitrogen and oxygen atoms in total. The summed E-state index contributed by atoms with van der Waals surface area (Å²) < 4.78 is 6.81. The van der Waals surface area contributed by atoms with Crippen LogP contribution in [0.1, 0.15) is 17.3 Å². The van der Waals surface area contributed by atoms with Gasteiger partial charge in [-0.2, -0.15) is 5.10 Å². The second-order valence-corrected chi connectivity index (χ2v) is 3.96. The second kappa shape index (κ2) is 5.43. The van der Waals surface area contributed by atoms with Gasteiger partial charge in [0.15, 0.2) is 0 Å². The van der Waals surface area contributed by atoms with Crippen molar-refractivity contribution < 1.29 is 9.53 Å². The van der Waals surface area contributed by atoms with Crippen LogP contribution < -0.4 is 15.8 Å². The molecule has 1 aromatic heterocycles. The zero-order chi connectivity index (χ0) is 13.8. The van der Waals surface area contributed by atoms with Gasteiger partial charge in [0.1, 0.15) is 5.75 Å². The summed E-state index contributed by atoms with van der Waals surface area (Å²) in [5.41, 5.74) is 7.21. The molecule has 0 atom stereocenters. The fourth-order valence-corrected chi connectivity index (χ4v) is 1.72. The number of hydrogen-bond acceptors (Lipinski definition) is 4. The van der Waals surface area contributed by atoms with Crippen molar-refractivity contribution in [1.29, 1.82) is 0 Å². The third-order valence-corrected chi connectivity index (χ3v) is 2.75. The molecule has 0 aliphatic carbocycles. The van der Waals surface area contributed by atoms with Crippen molar-refractivity contribution in [2.75, 3.05) is 18.2 Å².